The molecule has 168 valence electrons. The van der Waals surface area contributed by atoms with Gasteiger partial charge in [0.15, 0.2) is 6.61 Å². The van der Waals surface area contributed by atoms with Gasteiger partial charge in [0, 0.05) is 32.7 Å². The molecule has 0 saturated carbocycles. The number of benzene rings is 2. The van der Waals surface area contributed by atoms with E-state index in [1.165, 1.54) is 4.90 Å². The van der Waals surface area contributed by atoms with E-state index in [0.29, 0.717) is 26.4 Å². The number of nitrogens with one attached hydrogen (secondary N) is 1. The van der Waals surface area contributed by atoms with E-state index in [9.17, 15) is 9.59 Å². The van der Waals surface area contributed by atoms with Crippen LogP contribution in [0.5, 0.6) is 5.75 Å². The first-order chi connectivity index (χ1) is 14.4. The average molecular weight is 486 g/mol. The van der Waals surface area contributed by atoms with E-state index in [1.807, 2.05) is 27.7 Å². The third-order valence-corrected chi connectivity index (χ3v) is 5.68. The van der Waals surface area contributed by atoms with Gasteiger partial charge >= 0.3 is 0 Å². The van der Waals surface area contributed by atoms with Crippen molar-refractivity contribution in [2.75, 3.05) is 6.61 Å². The molecular weight excluding hydrogens is 459 g/mol. The molecule has 0 heterocycles. The molecule has 31 heavy (non-hydrogen) atoms. The topological polar surface area (TPSA) is 58.6 Å². The van der Waals surface area contributed by atoms with E-state index >= 15 is 0 Å². The van der Waals surface area contributed by atoms with Crippen molar-refractivity contribution >= 4 is 46.6 Å². The van der Waals surface area contributed by atoms with Crippen molar-refractivity contribution in [3.63, 3.8) is 0 Å². The van der Waals surface area contributed by atoms with Gasteiger partial charge in [-0.3, -0.25) is 9.59 Å². The summed E-state index contributed by atoms with van der Waals surface area (Å²) in [7, 11) is 0. The summed E-state index contributed by atoms with van der Waals surface area (Å²) in [5, 5.41) is 4.35. The van der Waals surface area contributed by atoms with Gasteiger partial charge in [-0.1, -0.05) is 40.9 Å². The average Bonchev–Trinajstić information content (AvgIpc) is 2.66. The van der Waals surface area contributed by atoms with Crippen LogP contribution in [0.15, 0.2) is 36.4 Å². The molecule has 0 fully saturated rings. The summed E-state index contributed by atoms with van der Waals surface area (Å²) in [5.41, 5.74) is 0.959. The Morgan fingerprint density at radius 2 is 1.68 bits per heavy atom. The molecule has 1 N–H and O–H groups in total. The highest BCUT2D eigenvalue weighted by Crippen LogP contribution is 2.27. The van der Waals surface area contributed by atoms with Gasteiger partial charge in [0.25, 0.3) is 5.91 Å². The Hall–Kier alpha value is -1.95. The number of aryl methyl sites for hydroxylation is 1. The maximum absolute atomic E-state index is 13.1. The number of carbonyl (C=O) groups is 2. The quantitative estimate of drug-likeness (QED) is 0.550. The molecule has 0 bridgehead atoms. The number of ether oxygens (including phenoxy) is 1. The summed E-state index contributed by atoms with van der Waals surface area (Å²) >= 11 is 18.7. The Morgan fingerprint density at radius 1 is 1.06 bits per heavy atom. The van der Waals surface area contributed by atoms with Crippen LogP contribution in [0.25, 0.3) is 0 Å². The zero-order valence-electron chi connectivity index (χ0n) is 18.3. The molecule has 0 aliphatic heterocycles. The molecule has 0 saturated heterocycles. The summed E-state index contributed by atoms with van der Waals surface area (Å²) in [5.74, 6) is -0.149. The van der Waals surface area contributed by atoms with Crippen molar-refractivity contribution < 1.29 is 14.3 Å². The van der Waals surface area contributed by atoms with Crippen LogP contribution in [-0.2, 0) is 16.1 Å². The maximum atomic E-state index is 13.1. The fourth-order valence-corrected chi connectivity index (χ4v) is 3.48. The van der Waals surface area contributed by atoms with Crippen molar-refractivity contribution in [3.8, 4) is 5.75 Å². The van der Waals surface area contributed by atoms with E-state index in [2.05, 4.69) is 5.32 Å². The van der Waals surface area contributed by atoms with Gasteiger partial charge in [-0.2, -0.15) is 0 Å². The van der Waals surface area contributed by atoms with Crippen molar-refractivity contribution in [1.29, 1.82) is 0 Å². The predicted octanol–water partition coefficient (Wildman–Crippen LogP) is 5.67. The van der Waals surface area contributed by atoms with Crippen molar-refractivity contribution in [2.24, 2.45) is 0 Å². The highest BCUT2D eigenvalue weighted by Gasteiger charge is 2.29. The Bertz CT molecular complexity index is 937. The first-order valence-corrected chi connectivity index (χ1v) is 11.0. The minimum atomic E-state index is -0.769. The SMILES string of the molecule is Cc1cc(OCC(=O)N(Cc2c(Cl)cccc2Cl)[C@@H](C)C(=O)NC(C)(C)C)ccc1Cl. The Balaban J connectivity index is 2.25. The number of amides is 2. The van der Waals surface area contributed by atoms with E-state index < -0.39 is 11.6 Å². The van der Waals surface area contributed by atoms with E-state index in [1.54, 1.807) is 43.3 Å². The van der Waals surface area contributed by atoms with Crippen LogP contribution >= 0.6 is 34.8 Å². The lowest BCUT2D eigenvalue weighted by molar-refractivity contribution is -0.142. The number of hydrogen-bond acceptors (Lipinski definition) is 3. The van der Waals surface area contributed by atoms with Crippen LogP contribution in [0.3, 0.4) is 0 Å². The van der Waals surface area contributed by atoms with Gasteiger partial charge in [-0.15, -0.1) is 0 Å². The smallest absolute Gasteiger partial charge is 0.261 e. The van der Waals surface area contributed by atoms with E-state index in [0.717, 1.165) is 5.56 Å². The summed E-state index contributed by atoms with van der Waals surface area (Å²) in [6, 6.07) is 9.49. The summed E-state index contributed by atoms with van der Waals surface area (Å²) in [6.45, 7) is 8.95. The third kappa shape index (κ3) is 7.30. The Morgan fingerprint density at radius 3 is 2.23 bits per heavy atom. The van der Waals surface area contributed by atoms with E-state index in [-0.39, 0.29) is 25.0 Å². The van der Waals surface area contributed by atoms with Crippen molar-refractivity contribution in [3.05, 3.63) is 62.6 Å². The normalized spacial score (nSPS) is 12.3. The molecule has 0 aromatic heterocycles. The van der Waals surface area contributed by atoms with Gasteiger partial charge in [0.05, 0.1) is 0 Å². The van der Waals surface area contributed by atoms with Gasteiger partial charge in [0.2, 0.25) is 5.91 Å². The number of hydrogen-bond donors (Lipinski definition) is 1. The molecule has 0 aliphatic carbocycles. The molecule has 2 aromatic carbocycles. The largest absolute Gasteiger partial charge is 0.484 e. The molecule has 0 aliphatic rings. The van der Waals surface area contributed by atoms with Gasteiger partial charge in [-0.05, 0) is 70.5 Å². The second-order valence-electron chi connectivity index (χ2n) is 8.34. The number of carbonyl (C=O) groups excluding carboxylic acids is 2. The van der Waals surface area contributed by atoms with Crippen molar-refractivity contribution in [1.82, 2.24) is 10.2 Å². The summed E-state index contributed by atoms with van der Waals surface area (Å²) in [4.78, 5) is 27.3. The highest BCUT2D eigenvalue weighted by atomic mass is 35.5. The fraction of sp³-hybridized carbons (Fsp3) is 0.391. The molecule has 1 atom stereocenters. The van der Waals surface area contributed by atoms with Gasteiger partial charge < -0.3 is 15.0 Å². The van der Waals surface area contributed by atoms with E-state index in [4.69, 9.17) is 39.5 Å². The first-order valence-electron chi connectivity index (χ1n) is 9.82. The number of halogens is 3. The first kappa shape index (κ1) is 25.3. The Kier molecular flexibility index (Phi) is 8.64. The van der Waals surface area contributed by atoms with Crippen LogP contribution in [0.1, 0.15) is 38.8 Å². The molecule has 0 unspecified atom stereocenters. The maximum Gasteiger partial charge on any atom is 0.261 e. The van der Waals surface area contributed by atoms with Gasteiger partial charge in [-0.25, -0.2) is 0 Å². The molecule has 2 aromatic rings. The van der Waals surface area contributed by atoms with Crippen LogP contribution in [0.4, 0.5) is 0 Å². The van der Waals surface area contributed by atoms with Crippen LogP contribution in [0.2, 0.25) is 15.1 Å². The van der Waals surface area contributed by atoms with Gasteiger partial charge in [0.1, 0.15) is 11.8 Å². The second kappa shape index (κ2) is 10.6. The molecule has 2 rings (SSSR count). The molecule has 0 radical (unpaired) electrons. The van der Waals surface area contributed by atoms with Crippen molar-refractivity contribution in [2.45, 2.75) is 52.7 Å². The molecule has 8 heteroatoms. The minimum Gasteiger partial charge on any atom is -0.484 e. The van der Waals surface area contributed by atoms with Crippen LogP contribution in [0, 0.1) is 6.92 Å². The third-order valence-electron chi connectivity index (χ3n) is 4.55. The molecule has 5 nitrogen and oxygen atoms in total. The fourth-order valence-electron chi connectivity index (χ4n) is 2.85. The highest BCUT2D eigenvalue weighted by molar-refractivity contribution is 6.36. The molecule has 2 amide bonds. The monoisotopic (exact) mass is 484 g/mol. The number of nitrogens with zero attached hydrogens (tertiary/aromatic N) is 1. The van der Waals surface area contributed by atoms with Crippen LogP contribution in [-0.4, -0.2) is 34.9 Å². The summed E-state index contributed by atoms with van der Waals surface area (Å²) < 4.78 is 5.67. The zero-order valence-corrected chi connectivity index (χ0v) is 20.5. The second-order valence-corrected chi connectivity index (χ2v) is 9.56. The lowest BCUT2D eigenvalue weighted by atomic mass is 10.1. The zero-order chi connectivity index (χ0) is 23.3. The predicted molar refractivity (Wildman–Crippen MR) is 126 cm³/mol. The van der Waals surface area contributed by atoms with Crippen LogP contribution < -0.4 is 10.1 Å². The molecule has 0 spiro atoms. The standard InChI is InChI=1S/C23H27Cl3N2O3/c1-14-11-16(9-10-18(14)24)31-13-21(29)28(15(2)22(30)27-23(3,4)5)12-17-19(25)7-6-8-20(17)26/h6-11,15H,12-13H2,1-5H3,(H,27,30)/t15-/m0/s1. The Labute approximate surface area is 198 Å². The minimum absolute atomic E-state index is 0.0685. The lowest BCUT2D eigenvalue weighted by Gasteiger charge is -2.31. The lowest BCUT2D eigenvalue weighted by Crippen LogP contribution is -2.53. The number of rotatable bonds is 7. The molecular formula is C23H27Cl3N2O3. The summed E-state index contributed by atoms with van der Waals surface area (Å²) in [6.07, 6.45) is 0.